The smallest absolute Gasteiger partial charge is 0.377 e. The highest BCUT2D eigenvalue weighted by Crippen LogP contribution is 2.32. The topological polar surface area (TPSA) is 69.9 Å². The molecule has 3 rings (SSSR count). The highest BCUT2D eigenvalue weighted by atomic mass is 19.4. The molecule has 1 fully saturated rings. The van der Waals surface area contributed by atoms with Crippen molar-refractivity contribution in [2.45, 2.75) is 6.18 Å². The van der Waals surface area contributed by atoms with Gasteiger partial charge in [0.15, 0.2) is 0 Å². The third-order valence-electron chi connectivity index (χ3n) is 5.01. The van der Waals surface area contributed by atoms with Crippen molar-refractivity contribution in [1.82, 2.24) is 4.90 Å². The molecule has 1 aliphatic heterocycles. The third kappa shape index (κ3) is 4.47. The van der Waals surface area contributed by atoms with Crippen molar-refractivity contribution in [3.05, 3.63) is 63.7 Å². The maximum absolute atomic E-state index is 13.0. The molecule has 2 aromatic carbocycles. The molecule has 160 valence electrons. The number of rotatable bonds is 4. The minimum atomic E-state index is -4.42. The number of benzene rings is 2. The van der Waals surface area contributed by atoms with Crippen LogP contribution in [0.15, 0.2) is 42.5 Å². The van der Waals surface area contributed by atoms with Crippen molar-refractivity contribution >= 4 is 23.0 Å². The van der Waals surface area contributed by atoms with Gasteiger partial charge in [0.25, 0.3) is 11.6 Å². The average molecular weight is 422 g/mol. The Labute approximate surface area is 171 Å². The number of anilines is 2. The molecule has 1 heterocycles. The summed E-state index contributed by atoms with van der Waals surface area (Å²) < 4.78 is 38.9. The van der Waals surface area contributed by atoms with Gasteiger partial charge < -0.3 is 14.7 Å². The first-order chi connectivity index (χ1) is 14.1. The standard InChI is InChI=1S/C20H21F3N4O3/c1-24(2)18-7-6-16(27(29)30)13-17(18)19(28)26-10-8-25(9-11-26)15-5-3-4-14(12-15)20(21,22)23/h3-7,12-13H,8-11H2,1-2H3. The van der Waals surface area contributed by atoms with E-state index in [0.717, 1.165) is 12.1 Å². The number of nitro benzene ring substituents is 1. The number of amides is 1. The van der Waals surface area contributed by atoms with Crippen molar-refractivity contribution in [2.24, 2.45) is 0 Å². The summed E-state index contributed by atoms with van der Waals surface area (Å²) in [6.45, 7) is 1.31. The summed E-state index contributed by atoms with van der Waals surface area (Å²) in [6, 6.07) is 9.23. The van der Waals surface area contributed by atoms with Crippen molar-refractivity contribution in [1.29, 1.82) is 0 Å². The van der Waals surface area contributed by atoms with Gasteiger partial charge >= 0.3 is 6.18 Å². The summed E-state index contributed by atoms with van der Waals surface area (Å²) in [4.78, 5) is 28.7. The van der Waals surface area contributed by atoms with Crippen LogP contribution in [0.1, 0.15) is 15.9 Å². The first-order valence-electron chi connectivity index (χ1n) is 9.25. The summed E-state index contributed by atoms with van der Waals surface area (Å²) in [5.74, 6) is -0.342. The summed E-state index contributed by atoms with van der Waals surface area (Å²) in [7, 11) is 3.48. The summed E-state index contributed by atoms with van der Waals surface area (Å²) >= 11 is 0. The fourth-order valence-electron chi connectivity index (χ4n) is 3.42. The van der Waals surface area contributed by atoms with Crippen LogP contribution < -0.4 is 9.80 Å². The molecular weight excluding hydrogens is 401 g/mol. The van der Waals surface area contributed by atoms with Gasteiger partial charge in [-0.15, -0.1) is 0 Å². The zero-order valence-electron chi connectivity index (χ0n) is 16.5. The Morgan fingerprint density at radius 1 is 1.07 bits per heavy atom. The highest BCUT2D eigenvalue weighted by Gasteiger charge is 2.31. The van der Waals surface area contributed by atoms with Gasteiger partial charge in [0.1, 0.15) is 0 Å². The molecule has 0 unspecified atom stereocenters. The van der Waals surface area contributed by atoms with Crippen LogP contribution in [0, 0.1) is 10.1 Å². The Hall–Kier alpha value is -3.30. The van der Waals surface area contributed by atoms with Crippen molar-refractivity contribution in [2.75, 3.05) is 50.1 Å². The largest absolute Gasteiger partial charge is 0.416 e. The Balaban J connectivity index is 1.76. The Morgan fingerprint density at radius 3 is 2.30 bits per heavy atom. The number of non-ortho nitro benzene ring substituents is 1. The second-order valence-electron chi connectivity index (χ2n) is 7.18. The zero-order valence-corrected chi connectivity index (χ0v) is 16.5. The maximum atomic E-state index is 13.0. The van der Waals surface area contributed by atoms with E-state index in [1.807, 2.05) is 0 Å². The van der Waals surface area contributed by atoms with Gasteiger partial charge in [-0.2, -0.15) is 13.2 Å². The van der Waals surface area contributed by atoms with E-state index in [1.165, 1.54) is 24.3 Å². The lowest BCUT2D eigenvalue weighted by atomic mass is 10.1. The number of halogens is 3. The average Bonchev–Trinajstić information content (AvgIpc) is 2.72. The Morgan fingerprint density at radius 2 is 1.73 bits per heavy atom. The normalized spacial score (nSPS) is 14.6. The molecule has 0 spiro atoms. The van der Waals surface area contributed by atoms with Crippen LogP contribution in [0.5, 0.6) is 0 Å². The van der Waals surface area contributed by atoms with Gasteiger partial charge in [-0.3, -0.25) is 14.9 Å². The van der Waals surface area contributed by atoms with Crippen molar-refractivity contribution < 1.29 is 22.9 Å². The molecule has 0 saturated carbocycles. The van der Waals surface area contributed by atoms with E-state index in [4.69, 9.17) is 0 Å². The molecule has 0 N–H and O–H groups in total. The molecule has 1 aliphatic rings. The van der Waals surface area contributed by atoms with E-state index < -0.39 is 16.7 Å². The van der Waals surface area contributed by atoms with Gasteiger partial charge in [0.05, 0.1) is 16.1 Å². The van der Waals surface area contributed by atoms with E-state index >= 15 is 0 Å². The van der Waals surface area contributed by atoms with Crippen LogP contribution in [0.25, 0.3) is 0 Å². The number of alkyl halides is 3. The number of hydrogen-bond acceptors (Lipinski definition) is 5. The highest BCUT2D eigenvalue weighted by molar-refractivity contribution is 6.00. The quantitative estimate of drug-likeness (QED) is 0.556. The number of hydrogen-bond donors (Lipinski definition) is 0. The molecule has 1 amide bonds. The number of piperazine rings is 1. The Bertz CT molecular complexity index is 955. The summed E-state index contributed by atoms with van der Waals surface area (Å²) in [6.07, 6.45) is -4.42. The van der Waals surface area contributed by atoms with Gasteiger partial charge in [0, 0.05) is 63.8 Å². The fraction of sp³-hybridized carbons (Fsp3) is 0.350. The van der Waals surface area contributed by atoms with Gasteiger partial charge in [0.2, 0.25) is 0 Å². The second kappa shape index (κ2) is 8.21. The molecular formula is C20H21F3N4O3. The molecule has 1 saturated heterocycles. The molecule has 2 aromatic rings. The van der Waals surface area contributed by atoms with Crippen LogP contribution in [-0.4, -0.2) is 56.0 Å². The van der Waals surface area contributed by atoms with Crippen molar-refractivity contribution in [3.8, 4) is 0 Å². The van der Waals surface area contributed by atoms with Crippen LogP contribution in [-0.2, 0) is 6.18 Å². The number of carbonyl (C=O) groups excluding carboxylic acids is 1. The lowest BCUT2D eigenvalue weighted by Crippen LogP contribution is -2.49. The van der Waals surface area contributed by atoms with Gasteiger partial charge in [-0.05, 0) is 24.3 Å². The fourth-order valence-corrected chi connectivity index (χ4v) is 3.42. The number of carbonyl (C=O) groups is 1. The first-order valence-corrected chi connectivity index (χ1v) is 9.25. The van der Waals surface area contributed by atoms with E-state index in [2.05, 4.69) is 0 Å². The van der Waals surface area contributed by atoms with Crippen LogP contribution in [0.3, 0.4) is 0 Å². The minimum absolute atomic E-state index is 0.174. The van der Waals surface area contributed by atoms with E-state index in [-0.39, 0.29) is 17.2 Å². The van der Waals surface area contributed by atoms with Crippen LogP contribution in [0.2, 0.25) is 0 Å². The molecule has 30 heavy (non-hydrogen) atoms. The van der Waals surface area contributed by atoms with Crippen LogP contribution >= 0.6 is 0 Å². The number of nitrogens with zero attached hydrogens (tertiary/aromatic N) is 4. The SMILES string of the molecule is CN(C)c1ccc([N+](=O)[O-])cc1C(=O)N1CCN(c2cccc(C(F)(F)F)c2)CC1. The zero-order chi connectivity index (χ0) is 22.1. The first kappa shape index (κ1) is 21.4. The molecule has 10 heteroatoms. The summed E-state index contributed by atoms with van der Waals surface area (Å²) in [5, 5.41) is 11.1. The predicted molar refractivity (Wildman–Crippen MR) is 107 cm³/mol. The van der Waals surface area contributed by atoms with Crippen molar-refractivity contribution in [3.63, 3.8) is 0 Å². The lowest BCUT2D eigenvalue weighted by molar-refractivity contribution is -0.384. The molecule has 7 nitrogen and oxygen atoms in total. The Kier molecular flexibility index (Phi) is 5.86. The second-order valence-corrected chi connectivity index (χ2v) is 7.18. The monoisotopic (exact) mass is 422 g/mol. The summed E-state index contributed by atoms with van der Waals surface area (Å²) in [5.41, 5.74) is 0.339. The molecule has 0 bridgehead atoms. The third-order valence-corrected chi connectivity index (χ3v) is 5.01. The van der Waals surface area contributed by atoms with Gasteiger partial charge in [-0.25, -0.2) is 0 Å². The predicted octanol–water partition coefficient (Wildman–Crippen LogP) is 3.64. The number of nitro groups is 1. The minimum Gasteiger partial charge on any atom is -0.377 e. The lowest BCUT2D eigenvalue weighted by Gasteiger charge is -2.36. The molecule has 0 atom stereocenters. The molecule has 0 radical (unpaired) electrons. The van der Waals surface area contributed by atoms with E-state index in [1.54, 1.807) is 34.9 Å². The van der Waals surface area contributed by atoms with E-state index in [0.29, 0.717) is 37.6 Å². The van der Waals surface area contributed by atoms with Gasteiger partial charge in [-0.1, -0.05) is 6.07 Å². The van der Waals surface area contributed by atoms with Crippen LogP contribution in [0.4, 0.5) is 30.2 Å². The maximum Gasteiger partial charge on any atom is 0.416 e. The molecule has 0 aliphatic carbocycles. The van der Waals surface area contributed by atoms with E-state index in [9.17, 15) is 28.1 Å². The molecule has 0 aromatic heterocycles.